The van der Waals surface area contributed by atoms with Crippen LogP contribution < -0.4 is 9.47 Å². The van der Waals surface area contributed by atoms with Crippen molar-refractivity contribution in [1.82, 2.24) is 0 Å². The molecular formula is C25H25ClO8. The van der Waals surface area contributed by atoms with E-state index in [0.29, 0.717) is 28.0 Å². The molecule has 9 heteroatoms. The van der Waals surface area contributed by atoms with E-state index >= 15 is 0 Å². The highest BCUT2D eigenvalue weighted by Crippen LogP contribution is 2.43. The Morgan fingerprint density at radius 2 is 1.91 bits per heavy atom. The van der Waals surface area contributed by atoms with E-state index in [4.69, 9.17) is 30.5 Å². The van der Waals surface area contributed by atoms with E-state index in [1.165, 1.54) is 14.2 Å². The number of hydrogen-bond acceptors (Lipinski definition) is 7. The van der Waals surface area contributed by atoms with E-state index in [-0.39, 0.29) is 24.3 Å². The molecule has 8 nitrogen and oxygen atoms in total. The number of hydrogen-bond donors (Lipinski definition) is 1. The summed E-state index contributed by atoms with van der Waals surface area (Å²) in [4.78, 5) is 36.9. The van der Waals surface area contributed by atoms with Gasteiger partial charge in [0.1, 0.15) is 17.9 Å². The number of rotatable bonds is 9. The number of methoxy groups -OCH3 is 2. The summed E-state index contributed by atoms with van der Waals surface area (Å²) in [5, 5.41) is 7.46. The molecule has 0 aromatic heterocycles. The van der Waals surface area contributed by atoms with Gasteiger partial charge in [0.25, 0.3) is 0 Å². The number of halogens is 1. The van der Waals surface area contributed by atoms with Gasteiger partial charge in [-0.15, -0.1) is 0 Å². The van der Waals surface area contributed by atoms with Gasteiger partial charge in [-0.3, -0.25) is 0 Å². The van der Waals surface area contributed by atoms with E-state index in [1.54, 1.807) is 56.3 Å². The lowest BCUT2D eigenvalue weighted by molar-refractivity contribution is -0.155. The van der Waals surface area contributed by atoms with Crippen molar-refractivity contribution in [3.63, 3.8) is 0 Å². The molecule has 1 aliphatic heterocycles. The topological polar surface area (TPSA) is 108 Å². The van der Waals surface area contributed by atoms with Crippen LogP contribution in [0.2, 0.25) is 0 Å². The number of carboxylic acids is 1. The predicted molar refractivity (Wildman–Crippen MR) is 123 cm³/mol. The minimum absolute atomic E-state index is 0.0423. The van der Waals surface area contributed by atoms with Gasteiger partial charge in [0.2, 0.25) is 5.06 Å². The van der Waals surface area contributed by atoms with Crippen molar-refractivity contribution in [3.8, 4) is 11.5 Å². The molecule has 180 valence electrons. The molecule has 3 rings (SSSR count). The standard InChI is InChI=1S/C25H25ClO8/c1-14(25(26,32-4)24(29)30)9-8-12-17-20(31-3)15(2)18-13-33-23(28)19(18)21(17)34-22(27)16-10-6-5-7-11-16/h5-11,14H,12-13H2,1-4H3,(H,29,30)/b9-8+/t14?,25-/m0/s1. The summed E-state index contributed by atoms with van der Waals surface area (Å²) >= 11 is 6.11. The summed E-state index contributed by atoms with van der Waals surface area (Å²) in [7, 11) is 2.69. The van der Waals surface area contributed by atoms with Crippen molar-refractivity contribution in [2.75, 3.05) is 14.2 Å². The van der Waals surface area contributed by atoms with Gasteiger partial charge >= 0.3 is 17.9 Å². The SMILES string of the molecule is COc1c(C)c2c(c(OC(=O)c3ccccc3)c1C/C=C/C(C)[C@](Cl)(OC)C(=O)O)C(=O)OC2. The molecule has 0 aliphatic carbocycles. The smallest absolute Gasteiger partial charge is 0.352 e. The second-order valence-electron chi connectivity index (χ2n) is 7.73. The summed E-state index contributed by atoms with van der Waals surface area (Å²) in [6.07, 6.45) is 3.39. The number of cyclic esters (lactones) is 1. The third-order valence-corrected chi connectivity index (χ3v) is 6.41. The van der Waals surface area contributed by atoms with Crippen LogP contribution in [0.3, 0.4) is 0 Å². The van der Waals surface area contributed by atoms with Gasteiger partial charge < -0.3 is 24.1 Å². The zero-order valence-electron chi connectivity index (χ0n) is 19.2. The van der Waals surface area contributed by atoms with Gasteiger partial charge in [-0.05, 0) is 31.0 Å². The molecule has 34 heavy (non-hydrogen) atoms. The fraction of sp³-hybridized carbons (Fsp3) is 0.320. The number of ether oxygens (including phenoxy) is 4. The van der Waals surface area contributed by atoms with Gasteiger partial charge in [0.15, 0.2) is 5.75 Å². The summed E-state index contributed by atoms with van der Waals surface area (Å²) in [6, 6.07) is 8.38. The van der Waals surface area contributed by atoms with Crippen molar-refractivity contribution < 1.29 is 38.4 Å². The molecule has 0 saturated heterocycles. The highest BCUT2D eigenvalue weighted by atomic mass is 35.5. The zero-order valence-corrected chi connectivity index (χ0v) is 20.0. The fourth-order valence-corrected chi connectivity index (χ4v) is 3.90. The largest absolute Gasteiger partial charge is 0.496 e. The normalized spacial score (nSPS) is 15.4. The van der Waals surface area contributed by atoms with E-state index in [9.17, 15) is 19.5 Å². The van der Waals surface area contributed by atoms with E-state index in [1.807, 2.05) is 0 Å². The van der Waals surface area contributed by atoms with Gasteiger partial charge in [-0.25, -0.2) is 14.4 Å². The first-order valence-corrected chi connectivity index (χ1v) is 10.8. The number of aliphatic carboxylic acids is 1. The lowest BCUT2D eigenvalue weighted by Gasteiger charge is -2.25. The molecule has 0 radical (unpaired) electrons. The van der Waals surface area contributed by atoms with Crippen LogP contribution >= 0.6 is 11.6 Å². The Morgan fingerprint density at radius 1 is 1.24 bits per heavy atom. The van der Waals surface area contributed by atoms with Gasteiger partial charge in [0.05, 0.1) is 12.7 Å². The van der Waals surface area contributed by atoms with Gasteiger partial charge in [-0.1, -0.05) is 48.9 Å². The molecule has 0 saturated carbocycles. The summed E-state index contributed by atoms with van der Waals surface area (Å²) in [5.41, 5.74) is 2.20. The second-order valence-corrected chi connectivity index (χ2v) is 8.29. The first kappa shape index (κ1) is 25.3. The average molecular weight is 489 g/mol. The molecule has 1 aliphatic rings. The molecule has 2 aromatic rings. The Morgan fingerprint density at radius 3 is 2.50 bits per heavy atom. The molecule has 1 heterocycles. The Hall–Kier alpha value is -3.36. The summed E-state index contributed by atoms with van der Waals surface area (Å²) in [5.74, 6) is -2.78. The second kappa shape index (κ2) is 10.3. The molecule has 0 bridgehead atoms. The number of benzene rings is 2. The van der Waals surface area contributed by atoms with Crippen molar-refractivity contribution in [3.05, 3.63) is 70.3 Å². The van der Waals surface area contributed by atoms with Crippen LogP contribution in [0.5, 0.6) is 11.5 Å². The third-order valence-electron chi connectivity index (χ3n) is 5.75. The number of fused-ring (bicyclic) bond motifs is 1. The van der Waals surface area contributed by atoms with Crippen LogP contribution in [0.4, 0.5) is 0 Å². The van der Waals surface area contributed by atoms with Crippen LogP contribution in [0.15, 0.2) is 42.5 Å². The lowest BCUT2D eigenvalue weighted by atomic mass is 9.94. The molecule has 1 N–H and O–H groups in total. The van der Waals surface area contributed by atoms with Crippen molar-refractivity contribution in [2.24, 2.45) is 5.92 Å². The van der Waals surface area contributed by atoms with Crippen molar-refractivity contribution in [1.29, 1.82) is 0 Å². The minimum Gasteiger partial charge on any atom is -0.496 e. The van der Waals surface area contributed by atoms with Crippen LogP contribution in [0.25, 0.3) is 0 Å². The Labute approximate surface area is 202 Å². The van der Waals surface area contributed by atoms with E-state index < -0.39 is 28.9 Å². The molecule has 1 unspecified atom stereocenters. The highest BCUT2D eigenvalue weighted by Gasteiger charge is 2.41. The third kappa shape index (κ3) is 4.64. The van der Waals surface area contributed by atoms with Gasteiger partial charge in [-0.2, -0.15) is 0 Å². The number of alkyl halides is 1. The number of allylic oxidation sites excluding steroid dienone is 1. The molecule has 0 spiro atoms. The van der Waals surface area contributed by atoms with Gasteiger partial charge in [0, 0.05) is 24.2 Å². The quantitative estimate of drug-likeness (QED) is 0.241. The predicted octanol–water partition coefficient (Wildman–Crippen LogP) is 4.29. The number of carbonyl (C=O) groups excluding carboxylic acids is 2. The maximum absolute atomic E-state index is 12.9. The van der Waals surface area contributed by atoms with E-state index in [0.717, 1.165) is 0 Å². The van der Waals surface area contributed by atoms with Crippen LogP contribution in [0.1, 0.15) is 44.3 Å². The number of carboxylic acid groups (broad SMARTS) is 1. The molecule has 0 fully saturated rings. The average Bonchev–Trinajstić information content (AvgIpc) is 3.22. The number of carbonyl (C=O) groups is 3. The number of esters is 2. The minimum atomic E-state index is -1.94. The molecular weight excluding hydrogens is 464 g/mol. The van der Waals surface area contributed by atoms with E-state index in [2.05, 4.69) is 0 Å². The monoisotopic (exact) mass is 488 g/mol. The van der Waals surface area contributed by atoms with Crippen LogP contribution in [-0.4, -0.2) is 42.3 Å². The summed E-state index contributed by atoms with van der Waals surface area (Å²) in [6.45, 7) is 3.43. The van der Waals surface area contributed by atoms with Crippen LogP contribution in [-0.2, 0) is 27.3 Å². The van der Waals surface area contributed by atoms with Crippen molar-refractivity contribution >= 4 is 29.5 Å². The molecule has 2 atom stereocenters. The lowest BCUT2D eigenvalue weighted by Crippen LogP contribution is -2.40. The Bertz CT molecular complexity index is 1140. The molecule has 0 amide bonds. The van der Waals surface area contributed by atoms with Crippen LogP contribution in [0, 0.1) is 12.8 Å². The maximum atomic E-state index is 12.9. The summed E-state index contributed by atoms with van der Waals surface area (Å²) < 4.78 is 21.5. The maximum Gasteiger partial charge on any atom is 0.352 e. The first-order valence-electron chi connectivity index (χ1n) is 10.5. The first-order chi connectivity index (χ1) is 16.2. The zero-order chi connectivity index (χ0) is 25.0. The fourth-order valence-electron chi connectivity index (χ4n) is 3.83. The molecule has 2 aromatic carbocycles. The Kier molecular flexibility index (Phi) is 7.64. The van der Waals surface area contributed by atoms with Crippen molar-refractivity contribution in [2.45, 2.75) is 31.9 Å². The Balaban J connectivity index is 2.06. The highest BCUT2D eigenvalue weighted by molar-refractivity contribution is 6.32.